The molecular weight excluding hydrogens is 1050 g/mol. The van der Waals surface area contributed by atoms with Gasteiger partial charge in [-0.15, -0.1) is 0 Å². The normalized spacial score (nSPS) is 23.0. The smallest absolute Gasteiger partial charge is 0.252 e. The van der Waals surface area contributed by atoms with E-state index in [-0.39, 0.29) is 39.5 Å². The first-order chi connectivity index (χ1) is 41.3. The molecule has 0 N–H and O–H groups in total. The molecule has 0 amide bonds. The fourth-order valence-electron chi connectivity index (χ4n) is 17.9. The first-order valence-electron chi connectivity index (χ1n) is 32.0. The van der Waals surface area contributed by atoms with E-state index < -0.39 is 0 Å². The summed E-state index contributed by atoms with van der Waals surface area (Å²) in [6.45, 7) is 26.7. The zero-order valence-electron chi connectivity index (χ0n) is 52.0. The summed E-state index contributed by atoms with van der Waals surface area (Å²) in [5.74, 6) is 0. The van der Waals surface area contributed by atoms with Crippen LogP contribution in [0.5, 0.6) is 0 Å². The summed E-state index contributed by atoms with van der Waals surface area (Å²) in [5, 5.41) is 4.50. The van der Waals surface area contributed by atoms with Crippen LogP contribution in [0.2, 0.25) is 0 Å². The number of rotatable bonds is 4. The van der Waals surface area contributed by atoms with Crippen LogP contribution >= 0.6 is 0 Å². The van der Waals surface area contributed by atoms with E-state index in [1.807, 2.05) is 0 Å². The molecular formula is C79H77BN4O2. The molecule has 0 spiro atoms. The molecule has 86 heavy (non-hydrogen) atoms. The summed E-state index contributed by atoms with van der Waals surface area (Å²) >= 11 is 0. The van der Waals surface area contributed by atoms with Crippen molar-refractivity contribution < 1.29 is 8.83 Å². The zero-order chi connectivity index (χ0) is 58.8. The van der Waals surface area contributed by atoms with Crippen LogP contribution in [0.4, 0.5) is 56.9 Å². The average Bonchev–Trinajstić information content (AvgIpc) is 1.28. The van der Waals surface area contributed by atoms with Crippen LogP contribution in [0.25, 0.3) is 43.9 Å². The van der Waals surface area contributed by atoms with Crippen molar-refractivity contribution in [1.82, 2.24) is 0 Å². The van der Waals surface area contributed by atoms with Crippen molar-refractivity contribution in [1.29, 1.82) is 0 Å². The van der Waals surface area contributed by atoms with Crippen LogP contribution in [0, 0.1) is 6.92 Å². The van der Waals surface area contributed by atoms with E-state index in [2.05, 4.69) is 266 Å². The van der Waals surface area contributed by atoms with Gasteiger partial charge in [0.15, 0.2) is 5.58 Å². The summed E-state index contributed by atoms with van der Waals surface area (Å²) < 4.78 is 13.9. The maximum absolute atomic E-state index is 7.11. The number of anilines is 10. The second-order valence-corrected chi connectivity index (χ2v) is 29.6. The lowest BCUT2D eigenvalue weighted by Gasteiger charge is -2.51. The maximum Gasteiger partial charge on any atom is 0.252 e. The summed E-state index contributed by atoms with van der Waals surface area (Å²) in [7, 11) is 0. The van der Waals surface area contributed by atoms with Crippen LogP contribution in [-0.4, -0.2) is 17.8 Å². The second kappa shape index (κ2) is 17.5. The number of aryl methyl sites for hydroxylation is 1. The molecule has 6 heterocycles. The Kier molecular flexibility index (Phi) is 10.6. The highest BCUT2D eigenvalue weighted by molar-refractivity contribution is 7.00. The molecule has 17 rings (SSSR count). The predicted octanol–water partition coefficient (Wildman–Crippen LogP) is 20.0. The van der Waals surface area contributed by atoms with Crippen molar-refractivity contribution in [2.45, 2.75) is 160 Å². The Labute approximate surface area is 507 Å². The first-order valence-corrected chi connectivity index (χ1v) is 32.0. The van der Waals surface area contributed by atoms with Gasteiger partial charge in [-0.05, 0) is 180 Å². The predicted molar refractivity (Wildman–Crippen MR) is 363 cm³/mol. The van der Waals surface area contributed by atoms with E-state index in [4.69, 9.17) is 8.83 Å². The molecule has 0 radical (unpaired) electrons. The SMILES string of the molecule is Cc1cc2c3c(c1)N(c1cccc4c1oc1ccccc14)c1cc(N4c5ccc(C(C)(C)C)cc5C5(C)CCCCC45C)ccc1B3c1ccc(N3c4ccc(C(C)(C)C)cc4C4(C)CCCCC34C)cc1N2c1ccc2c(c1)oc1ccccc12. The molecule has 4 unspecified atom stereocenters. The molecule has 0 bridgehead atoms. The quantitative estimate of drug-likeness (QED) is 0.164. The highest BCUT2D eigenvalue weighted by atomic mass is 16.3. The van der Waals surface area contributed by atoms with Gasteiger partial charge in [-0.2, -0.15) is 0 Å². The number of nitrogens with zero attached hydrogens (tertiary/aromatic N) is 4. The Morgan fingerprint density at radius 3 is 1.47 bits per heavy atom. The van der Waals surface area contributed by atoms with Gasteiger partial charge in [0, 0.05) is 89.6 Å². The van der Waals surface area contributed by atoms with E-state index in [0.717, 1.165) is 68.1 Å². The van der Waals surface area contributed by atoms with Crippen molar-refractivity contribution in [3.63, 3.8) is 0 Å². The minimum Gasteiger partial charge on any atom is -0.456 e. The summed E-state index contributed by atoms with van der Waals surface area (Å²) in [4.78, 5) is 10.7. The Balaban J connectivity index is 0.938. The Morgan fingerprint density at radius 2 is 0.884 bits per heavy atom. The molecule has 7 heteroatoms. The maximum atomic E-state index is 7.11. The van der Waals surface area contributed by atoms with Gasteiger partial charge in [0.25, 0.3) is 6.71 Å². The largest absolute Gasteiger partial charge is 0.456 e. The highest BCUT2D eigenvalue weighted by Gasteiger charge is 2.60. The fraction of sp³-hybridized carbons (Fsp3) is 0.316. The van der Waals surface area contributed by atoms with E-state index in [9.17, 15) is 0 Å². The Bertz CT molecular complexity index is 4730. The monoisotopic (exact) mass is 1120 g/mol. The molecule has 0 saturated heterocycles. The van der Waals surface area contributed by atoms with Gasteiger partial charge in [0.1, 0.15) is 16.7 Å². The van der Waals surface area contributed by atoms with E-state index in [1.54, 1.807) is 0 Å². The lowest BCUT2D eigenvalue weighted by atomic mass is 9.33. The van der Waals surface area contributed by atoms with Gasteiger partial charge in [0.2, 0.25) is 0 Å². The van der Waals surface area contributed by atoms with Gasteiger partial charge in [-0.25, -0.2) is 0 Å². The second-order valence-electron chi connectivity index (χ2n) is 29.6. The molecule has 2 fully saturated rings. The Morgan fingerprint density at radius 1 is 0.395 bits per heavy atom. The average molecular weight is 1130 g/mol. The Hall–Kier alpha value is -8.16. The van der Waals surface area contributed by atoms with Gasteiger partial charge >= 0.3 is 0 Å². The molecule has 2 aromatic heterocycles. The minimum absolute atomic E-state index is 0.0224. The van der Waals surface area contributed by atoms with Crippen molar-refractivity contribution in [3.8, 4) is 0 Å². The third-order valence-corrected chi connectivity index (χ3v) is 22.9. The number of para-hydroxylation sites is 3. The van der Waals surface area contributed by atoms with Crippen molar-refractivity contribution in [2.75, 3.05) is 19.6 Å². The van der Waals surface area contributed by atoms with Crippen LogP contribution in [0.15, 0.2) is 179 Å². The molecule has 4 atom stereocenters. The third-order valence-electron chi connectivity index (χ3n) is 22.9. The van der Waals surface area contributed by atoms with Gasteiger partial charge in [0.05, 0.1) is 16.8 Å². The van der Waals surface area contributed by atoms with Crippen LogP contribution in [0.1, 0.15) is 148 Å². The molecule has 2 aliphatic carbocycles. The standard InChI is InChI=1S/C79H77BN4O2/c1-48-41-67-72-68(42-48)82(64-24-20-23-57-55-22-13-15-26-70(55)86-73(57)64)66-46-53(84-63-36-28-50(75(5,6)7)44-59(63)77(9)38-17-19-40-79(77,84)11)31-34-61(66)80(72)60-33-30-52(45-65(60)81(67)51-29-32-56-54-21-12-14-25-69(54)85-71(56)47-51)83-62-35-27-49(74(2,3)4)43-58(62)76(8)37-16-18-39-78(76,83)10/h12-15,20-36,41-47H,16-19,37-40H2,1-11H3. The number of fused-ring (bicyclic) bond motifs is 16. The summed E-state index contributed by atoms with van der Waals surface area (Å²) in [6.07, 6.45) is 9.49. The van der Waals surface area contributed by atoms with Gasteiger partial charge in [-0.1, -0.05) is 166 Å². The van der Waals surface area contributed by atoms with Gasteiger partial charge in [-0.3, -0.25) is 0 Å². The molecule has 428 valence electrons. The van der Waals surface area contributed by atoms with E-state index in [0.29, 0.717) is 0 Å². The van der Waals surface area contributed by atoms with Crippen LogP contribution < -0.4 is 36.0 Å². The molecule has 2 saturated carbocycles. The van der Waals surface area contributed by atoms with E-state index >= 15 is 0 Å². The minimum atomic E-state index is -0.138. The number of hydrogen-bond donors (Lipinski definition) is 0. The van der Waals surface area contributed by atoms with Crippen LogP contribution in [-0.2, 0) is 21.7 Å². The molecule has 9 aromatic carbocycles. The van der Waals surface area contributed by atoms with Crippen molar-refractivity contribution in [2.24, 2.45) is 0 Å². The summed E-state index contributed by atoms with van der Waals surface area (Å²) in [6, 6.07) is 65.7. The van der Waals surface area contributed by atoms with Crippen molar-refractivity contribution >= 4 is 124 Å². The first kappa shape index (κ1) is 52.2. The third kappa shape index (κ3) is 6.86. The lowest BCUT2D eigenvalue weighted by Crippen LogP contribution is -2.61. The number of benzene rings is 9. The molecule has 6 aliphatic rings. The topological polar surface area (TPSA) is 39.2 Å². The summed E-state index contributed by atoms with van der Waals surface area (Å²) in [5.41, 5.74) is 26.2. The zero-order valence-corrected chi connectivity index (χ0v) is 52.0. The molecule has 4 aliphatic heterocycles. The van der Waals surface area contributed by atoms with Crippen LogP contribution in [0.3, 0.4) is 0 Å². The fourth-order valence-corrected chi connectivity index (χ4v) is 17.9. The molecule has 11 aromatic rings. The van der Waals surface area contributed by atoms with Crippen molar-refractivity contribution in [3.05, 3.63) is 198 Å². The number of hydrogen-bond acceptors (Lipinski definition) is 6. The highest BCUT2D eigenvalue weighted by Crippen LogP contribution is 2.64. The van der Waals surface area contributed by atoms with Gasteiger partial charge < -0.3 is 28.4 Å². The lowest BCUT2D eigenvalue weighted by molar-refractivity contribution is 0.195. The van der Waals surface area contributed by atoms with E-state index in [1.165, 1.54) is 128 Å². The molecule has 6 nitrogen and oxygen atoms in total. The number of furan rings is 2.